The smallest absolute Gasteiger partial charge is 0.325 e. The van der Waals surface area contributed by atoms with Gasteiger partial charge in [0.25, 0.3) is 0 Å². The van der Waals surface area contributed by atoms with Crippen LogP contribution in [-0.2, 0) is 29.8 Å². The lowest BCUT2D eigenvalue weighted by molar-refractivity contribution is -0.134. The fraction of sp³-hybridized carbons (Fsp3) is 0.917. The Morgan fingerprint density at radius 2 is 1.13 bits per heavy atom. The fourth-order valence-corrected chi connectivity index (χ4v) is 2.06. The van der Waals surface area contributed by atoms with E-state index in [-0.39, 0.29) is 6.42 Å². The van der Waals surface area contributed by atoms with Crippen LogP contribution in [0.25, 0.3) is 0 Å². The Morgan fingerprint density at radius 1 is 0.783 bits per heavy atom. The van der Waals surface area contributed by atoms with Gasteiger partial charge in [0, 0.05) is 6.42 Å². The SMILES string of the molecule is CCCCCCCCCCCC(=O)OS(=O)(=O)O.O=S(=O)(O)O. The summed E-state index contributed by atoms with van der Waals surface area (Å²) in [6.45, 7) is 2.19. The molecule has 0 aliphatic rings. The predicted octanol–water partition coefficient (Wildman–Crippen LogP) is 2.60. The Hall–Kier alpha value is -0.750. The average Bonchev–Trinajstić information content (AvgIpc) is 2.32. The van der Waals surface area contributed by atoms with Gasteiger partial charge < -0.3 is 4.18 Å². The van der Waals surface area contributed by atoms with Crippen molar-refractivity contribution in [2.45, 2.75) is 71.1 Å². The molecule has 0 aliphatic carbocycles. The standard InChI is InChI=1S/C12H24O5S.H2O4S/c1-2-3-4-5-6-7-8-9-10-11-12(13)17-18(14,15)16;1-5(2,3)4/h2-11H2,1H3,(H,14,15,16);(H2,1,2,3,4). The van der Waals surface area contributed by atoms with Crippen LogP contribution < -0.4 is 0 Å². The zero-order valence-electron chi connectivity index (χ0n) is 13.2. The molecule has 0 heterocycles. The van der Waals surface area contributed by atoms with Crippen molar-refractivity contribution in [3.63, 3.8) is 0 Å². The van der Waals surface area contributed by atoms with E-state index in [2.05, 4.69) is 11.1 Å². The van der Waals surface area contributed by atoms with Crippen LogP contribution in [0.2, 0.25) is 0 Å². The second-order valence-corrected chi connectivity index (χ2v) is 6.83. The molecule has 0 rings (SSSR count). The van der Waals surface area contributed by atoms with E-state index in [0.717, 1.165) is 19.3 Å². The van der Waals surface area contributed by atoms with Crippen LogP contribution in [0, 0.1) is 0 Å². The minimum atomic E-state index is -4.67. The molecular formula is C12H26O9S2. The molecule has 0 unspecified atom stereocenters. The molecule has 0 aromatic rings. The lowest BCUT2D eigenvalue weighted by atomic mass is 10.1. The zero-order valence-corrected chi connectivity index (χ0v) is 14.8. The molecule has 0 saturated heterocycles. The van der Waals surface area contributed by atoms with Crippen molar-refractivity contribution in [1.82, 2.24) is 0 Å². The van der Waals surface area contributed by atoms with Gasteiger partial charge in [-0.2, -0.15) is 16.8 Å². The highest BCUT2D eigenvalue weighted by Gasteiger charge is 2.12. The van der Waals surface area contributed by atoms with Crippen molar-refractivity contribution in [1.29, 1.82) is 0 Å². The number of carbonyl (C=O) groups is 1. The fourth-order valence-electron chi connectivity index (χ4n) is 1.74. The van der Waals surface area contributed by atoms with E-state index in [1.807, 2.05) is 0 Å². The monoisotopic (exact) mass is 378 g/mol. The normalized spacial score (nSPS) is 11.5. The Balaban J connectivity index is 0. The van der Waals surface area contributed by atoms with Crippen LogP contribution in [0.3, 0.4) is 0 Å². The molecular weight excluding hydrogens is 352 g/mol. The minimum Gasteiger partial charge on any atom is -0.325 e. The van der Waals surface area contributed by atoms with Crippen LogP contribution in [0.4, 0.5) is 0 Å². The van der Waals surface area contributed by atoms with Gasteiger partial charge in [0.1, 0.15) is 0 Å². The van der Waals surface area contributed by atoms with Crippen molar-refractivity contribution in [3.8, 4) is 0 Å². The summed E-state index contributed by atoms with van der Waals surface area (Å²) in [5, 5.41) is 0. The lowest BCUT2D eigenvalue weighted by Crippen LogP contribution is -2.11. The van der Waals surface area contributed by atoms with Gasteiger partial charge >= 0.3 is 26.8 Å². The first-order chi connectivity index (χ1) is 10.5. The van der Waals surface area contributed by atoms with Gasteiger partial charge in [0.05, 0.1) is 0 Å². The molecule has 23 heavy (non-hydrogen) atoms. The summed E-state index contributed by atoms with van der Waals surface area (Å²) in [6.07, 6.45) is 10.0. The second-order valence-electron chi connectivity index (χ2n) is 4.91. The van der Waals surface area contributed by atoms with Crippen molar-refractivity contribution in [2.24, 2.45) is 0 Å². The highest BCUT2D eigenvalue weighted by molar-refractivity contribution is 7.81. The zero-order chi connectivity index (χ0) is 18.4. The summed E-state index contributed by atoms with van der Waals surface area (Å²) >= 11 is 0. The van der Waals surface area contributed by atoms with Gasteiger partial charge in [-0.25, -0.2) is 0 Å². The highest BCUT2D eigenvalue weighted by Crippen LogP contribution is 2.10. The van der Waals surface area contributed by atoms with Crippen LogP contribution >= 0.6 is 0 Å². The van der Waals surface area contributed by atoms with E-state index >= 15 is 0 Å². The van der Waals surface area contributed by atoms with E-state index in [1.165, 1.54) is 32.1 Å². The largest absolute Gasteiger partial charge is 0.448 e. The molecule has 0 amide bonds. The van der Waals surface area contributed by atoms with Crippen LogP contribution in [0.1, 0.15) is 71.1 Å². The first-order valence-electron chi connectivity index (χ1n) is 7.35. The third-order valence-corrected chi connectivity index (χ3v) is 3.08. The number of hydrogen-bond acceptors (Lipinski definition) is 6. The predicted molar refractivity (Wildman–Crippen MR) is 83.7 cm³/mol. The van der Waals surface area contributed by atoms with E-state index in [9.17, 15) is 13.2 Å². The summed E-state index contributed by atoms with van der Waals surface area (Å²) in [7, 11) is -9.30. The second kappa shape index (κ2) is 13.7. The Kier molecular flexibility index (Phi) is 14.6. The third-order valence-electron chi connectivity index (χ3n) is 2.68. The van der Waals surface area contributed by atoms with Gasteiger partial charge in [-0.1, -0.05) is 58.3 Å². The summed E-state index contributed by atoms with van der Waals surface area (Å²) in [5.41, 5.74) is 0. The summed E-state index contributed by atoms with van der Waals surface area (Å²) in [4.78, 5) is 10.9. The van der Waals surface area contributed by atoms with Crippen LogP contribution in [0.5, 0.6) is 0 Å². The maximum absolute atomic E-state index is 10.9. The first kappa shape index (κ1) is 24.5. The number of hydrogen-bond donors (Lipinski definition) is 3. The average molecular weight is 378 g/mol. The maximum Gasteiger partial charge on any atom is 0.448 e. The first-order valence-corrected chi connectivity index (χ1v) is 10.1. The topological polar surface area (TPSA) is 155 Å². The van der Waals surface area contributed by atoms with Crippen molar-refractivity contribution < 1.29 is 39.5 Å². The number of carbonyl (C=O) groups excluding carboxylic acids is 1. The van der Waals surface area contributed by atoms with Crippen molar-refractivity contribution in [3.05, 3.63) is 0 Å². The number of unbranched alkanes of at least 4 members (excludes halogenated alkanes) is 8. The molecule has 0 saturated carbocycles. The minimum absolute atomic E-state index is 0.0373. The molecule has 0 fully saturated rings. The summed E-state index contributed by atoms with van der Waals surface area (Å²) in [6, 6.07) is 0. The molecule has 0 aromatic carbocycles. The summed E-state index contributed by atoms with van der Waals surface area (Å²) in [5.74, 6) is -0.888. The molecule has 11 heteroatoms. The van der Waals surface area contributed by atoms with Crippen LogP contribution in [0.15, 0.2) is 0 Å². The van der Waals surface area contributed by atoms with Gasteiger partial charge in [-0.3, -0.25) is 18.5 Å². The Labute approximate surface area is 138 Å². The Bertz CT molecular complexity index is 489. The summed E-state index contributed by atoms with van der Waals surface area (Å²) < 4.78 is 64.1. The van der Waals surface area contributed by atoms with Gasteiger partial charge in [-0.05, 0) is 6.42 Å². The van der Waals surface area contributed by atoms with E-state index in [4.69, 9.17) is 22.1 Å². The van der Waals surface area contributed by atoms with E-state index in [0.29, 0.717) is 6.42 Å². The van der Waals surface area contributed by atoms with Gasteiger partial charge in [-0.15, -0.1) is 0 Å². The van der Waals surface area contributed by atoms with Crippen molar-refractivity contribution >= 4 is 26.8 Å². The molecule has 0 radical (unpaired) electrons. The number of rotatable bonds is 11. The molecule has 0 bridgehead atoms. The van der Waals surface area contributed by atoms with Gasteiger partial charge in [0.15, 0.2) is 0 Å². The molecule has 0 aromatic heterocycles. The van der Waals surface area contributed by atoms with Gasteiger partial charge in [0.2, 0.25) is 0 Å². The molecule has 9 nitrogen and oxygen atoms in total. The third kappa shape index (κ3) is 33.9. The lowest BCUT2D eigenvalue weighted by Gasteiger charge is -2.02. The molecule has 0 spiro atoms. The molecule has 140 valence electrons. The molecule has 3 N–H and O–H groups in total. The molecule has 0 aliphatic heterocycles. The van der Waals surface area contributed by atoms with Crippen LogP contribution in [-0.4, -0.2) is 36.5 Å². The molecule has 0 atom stereocenters. The quantitative estimate of drug-likeness (QED) is 0.363. The van der Waals surface area contributed by atoms with Crippen molar-refractivity contribution in [2.75, 3.05) is 0 Å². The highest BCUT2D eigenvalue weighted by atomic mass is 32.3. The maximum atomic E-state index is 10.9. The van der Waals surface area contributed by atoms with E-state index < -0.39 is 26.8 Å². The van der Waals surface area contributed by atoms with E-state index in [1.54, 1.807) is 0 Å². The Morgan fingerprint density at radius 3 is 1.48 bits per heavy atom.